The van der Waals surface area contributed by atoms with Crippen LogP contribution in [0.15, 0.2) is 36.4 Å². The Balaban J connectivity index is 1.91. The highest BCUT2D eigenvalue weighted by Gasteiger charge is 2.39. The number of aliphatic hydroxyl groups is 1. The van der Waals surface area contributed by atoms with Crippen LogP contribution in [0.2, 0.25) is 0 Å². The molecule has 0 radical (unpaired) electrons. The van der Waals surface area contributed by atoms with Gasteiger partial charge in [0, 0.05) is 6.42 Å². The molecule has 2 nitrogen and oxygen atoms in total. The second kappa shape index (κ2) is 4.30. The normalized spacial score (nSPS) is 16.9. The Bertz CT molecular complexity index is 374. The third-order valence-corrected chi connectivity index (χ3v) is 2.77. The Hall–Kier alpha value is -1.28. The average molecular weight is 218 g/mol. The van der Waals surface area contributed by atoms with Gasteiger partial charge < -0.3 is 9.84 Å². The van der Waals surface area contributed by atoms with Gasteiger partial charge in [0.15, 0.2) is 0 Å². The van der Waals surface area contributed by atoms with E-state index in [4.69, 9.17) is 4.74 Å². The Morgan fingerprint density at radius 2 is 2.00 bits per heavy atom. The summed E-state index contributed by atoms with van der Waals surface area (Å²) >= 11 is 0. The summed E-state index contributed by atoms with van der Waals surface area (Å²) in [6, 6.07) is 7.93. The van der Waals surface area contributed by atoms with Gasteiger partial charge in [-0.05, 0) is 43.0 Å². The first-order valence-electron chi connectivity index (χ1n) is 5.66. The molecule has 0 heterocycles. The second-order valence-corrected chi connectivity index (χ2v) is 4.79. The predicted molar refractivity (Wildman–Crippen MR) is 64.6 cm³/mol. The first kappa shape index (κ1) is 11.2. The minimum Gasteiger partial charge on any atom is -0.489 e. The van der Waals surface area contributed by atoms with Gasteiger partial charge in [-0.3, -0.25) is 0 Å². The summed E-state index contributed by atoms with van der Waals surface area (Å²) < 4.78 is 5.51. The van der Waals surface area contributed by atoms with Gasteiger partial charge in [-0.25, -0.2) is 0 Å². The van der Waals surface area contributed by atoms with Crippen LogP contribution in [0.3, 0.4) is 0 Å². The average Bonchev–Trinajstić information content (AvgIpc) is 2.95. The minimum absolute atomic E-state index is 0.417. The second-order valence-electron chi connectivity index (χ2n) is 4.79. The molecule has 1 fully saturated rings. The van der Waals surface area contributed by atoms with Crippen molar-refractivity contribution < 1.29 is 9.84 Å². The van der Waals surface area contributed by atoms with Crippen LogP contribution >= 0.6 is 0 Å². The highest BCUT2D eigenvalue weighted by molar-refractivity contribution is 5.29. The third kappa shape index (κ3) is 3.11. The van der Waals surface area contributed by atoms with E-state index in [1.165, 1.54) is 5.56 Å². The van der Waals surface area contributed by atoms with Crippen LogP contribution in [0.5, 0.6) is 5.75 Å². The van der Waals surface area contributed by atoms with Crippen molar-refractivity contribution in [2.24, 2.45) is 0 Å². The van der Waals surface area contributed by atoms with Crippen molar-refractivity contribution in [2.75, 3.05) is 6.61 Å². The topological polar surface area (TPSA) is 29.5 Å². The summed E-state index contributed by atoms with van der Waals surface area (Å²) in [4.78, 5) is 0. The van der Waals surface area contributed by atoms with Gasteiger partial charge in [-0.2, -0.15) is 0 Å². The maximum Gasteiger partial charge on any atom is 0.119 e. The van der Waals surface area contributed by atoms with Gasteiger partial charge >= 0.3 is 0 Å². The van der Waals surface area contributed by atoms with Crippen molar-refractivity contribution in [2.45, 2.75) is 31.8 Å². The van der Waals surface area contributed by atoms with E-state index in [2.05, 4.69) is 6.58 Å². The number of benzene rings is 1. The maximum absolute atomic E-state index is 9.78. The summed E-state index contributed by atoms with van der Waals surface area (Å²) in [5.41, 5.74) is 1.76. The first-order valence-corrected chi connectivity index (χ1v) is 5.66. The molecule has 16 heavy (non-hydrogen) atoms. The van der Waals surface area contributed by atoms with Crippen molar-refractivity contribution in [3.05, 3.63) is 42.0 Å². The van der Waals surface area contributed by atoms with Gasteiger partial charge in [-0.1, -0.05) is 18.7 Å². The van der Waals surface area contributed by atoms with E-state index in [0.29, 0.717) is 6.61 Å². The Morgan fingerprint density at radius 1 is 1.38 bits per heavy atom. The van der Waals surface area contributed by atoms with Crippen LogP contribution in [-0.4, -0.2) is 17.3 Å². The lowest BCUT2D eigenvalue weighted by Gasteiger charge is -2.09. The molecule has 0 amide bonds. The van der Waals surface area contributed by atoms with Crippen LogP contribution in [-0.2, 0) is 6.42 Å². The predicted octanol–water partition coefficient (Wildman–Crippen LogP) is 2.71. The SMILES string of the molecule is C=C(C)COc1ccc(CC2(O)CC2)cc1. The number of hydrogen-bond donors (Lipinski definition) is 1. The van der Waals surface area contributed by atoms with E-state index < -0.39 is 5.60 Å². The zero-order valence-corrected chi connectivity index (χ0v) is 9.70. The molecule has 0 aliphatic heterocycles. The lowest BCUT2D eigenvalue weighted by Crippen LogP contribution is -2.10. The Kier molecular flexibility index (Phi) is 3.01. The van der Waals surface area contributed by atoms with Crippen molar-refractivity contribution >= 4 is 0 Å². The molecule has 2 heteroatoms. The fraction of sp³-hybridized carbons (Fsp3) is 0.429. The quantitative estimate of drug-likeness (QED) is 0.770. The van der Waals surface area contributed by atoms with E-state index in [1.54, 1.807) is 0 Å². The van der Waals surface area contributed by atoms with E-state index in [0.717, 1.165) is 30.6 Å². The number of rotatable bonds is 5. The van der Waals surface area contributed by atoms with Gasteiger partial charge in [-0.15, -0.1) is 0 Å². The van der Waals surface area contributed by atoms with Crippen LogP contribution in [0.4, 0.5) is 0 Å². The van der Waals surface area contributed by atoms with Crippen molar-refractivity contribution in [3.63, 3.8) is 0 Å². The summed E-state index contributed by atoms with van der Waals surface area (Å²) in [6.07, 6.45) is 2.62. The van der Waals surface area contributed by atoms with E-state index in [9.17, 15) is 5.11 Å². The summed E-state index contributed by atoms with van der Waals surface area (Å²) in [5, 5.41) is 9.78. The first-order chi connectivity index (χ1) is 7.57. The molecule has 0 atom stereocenters. The molecule has 0 spiro atoms. The molecule has 86 valence electrons. The maximum atomic E-state index is 9.78. The third-order valence-electron chi connectivity index (χ3n) is 2.77. The van der Waals surface area contributed by atoms with Crippen LogP contribution in [0, 0.1) is 0 Å². The highest BCUT2D eigenvalue weighted by atomic mass is 16.5. The lowest BCUT2D eigenvalue weighted by atomic mass is 10.1. The molecular formula is C14H18O2. The fourth-order valence-electron chi connectivity index (χ4n) is 1.61. The Morgan fingerprint density at radius 3 is 2.50 bits per heavy atom. The molecule has 0 bridgehead atoms. The molecule has 1 N–H and O–H groups in total. The zero-order chi connectivity index (χ0) is 11.6. The molecule has 1 aromatic rings. The Labute approximate surface area is 96.6 Å². The minimum atomic E-state index is -0.417. The molecule has 1 aliphatic rings. The lowest BCUT2D eigenvalue weighted by molar-refractivity contribution is 0.151. The molecule has 0 aromatic heterocycles. The van der Waals surface area contributed by atoms with E-state index in [1.807, 2.05) is 31.2 Å². The smallest absolute Gasteiger partial charge is 0.119 e. The van der Waals surface area contributed by atoms with Crippen molar-refractivity contribution in [1.82, 2.24) is 0 Å². The summed E-state index contributed by atoms with van der Waals surface area (Å²) in [6.45, 7) is 6.29. The zero-order valence-electron chi connectivity index (χ0n) is 9.70. The molecule has 0 saturated heterocycles. The molecule has 0 unspecified atom stereocenters. The number of hydrogen-bond acceptors (Lipinski definition) is 2. The van der Waals surface area contributed by atoms with Gasteiger partial charge in [0.2, 0.25) is 0 Å². The monoisotopic (exact) mass is 218 g/mol. The fourth-order valence-corrected chi connectivity index (χ4v) is 1.61. The molecule has 2 rings (SSSR count). The van der Waals surface area contributed by atoms with Gasteiger partial charge in [0.1, 0.15) is 12.4 Å². The summed E-state index contributed by atoms with van der Waals surface area (Å²) in [7, 11) is 0. The van der Waals surface area contributed by atoms with Crippen LogP contribution in [0.25, 0.3) is 0 Å². The van der Waals surface area contributed by atoms with Gasteiger partial charge in [0.25, 0.3) is 0 Å². The van der Waals surface area contributed by atoms with Crippen molar-refractivity contribution in [3.8, 4) is 5.75 Å². The van der Waals surface area contributed by atoms with E-state index in [-0.39, 0.29) is 0 Å². The van der Waals surface area contributed by atoms with Crippen molar-refractivity contribution in [1.29, 1.82) is 0 Å². The largest absolute Gasteiger partial charge is 0.489 e. The van der Waals surface area contributed by atoms with Gasteiger partial charge in [0.05, 0.1) is 5.60 Å². The molecular weight excluding hydrogens is 200 g/mol. The standard InChI is InChI=1S/C14H18O2/c1-11(2)10-16-13-5-3-12(4-6-13)9-14(15)7-8-14/h3-6,15H,1,7-10H2,2H3. The molecule has 1 saturated carbocycles. The molecule has 1 aliphatic carbocycles. The van der Waals surface area contributed by atoms with Crippen LogP contribution < -0.4 is 4.74 Å². The summed E-state index contributed by atoms with van der Waals surface area (Å²) in [5.74, 6) is 0.856. The number of ether oxygens (including phenoxy) is 1. The highest BCUT2D eigenvalue weighted by Crippen LogP contribution is 2.38. The molecule has 1 aromatic carbocycles. The van der Waals surface area contributed by atoms with Crippen LogP contribution in [0.1, 0.15) is 25.3 Å². The van der Waals surface area contributed by atoms with E-state index >= 15 is 0 Å².